The zero-order valence-corrected chi connectivity index (χ0v) is 22.8. The summed E-state index contributed by atoms with van der Waals surface area (Å²) in [6.45, 7) is 1.50. The Morgan fingerprint density at radius 1 is 0.902 bits per heavy atom. The number of nitro groups is 1. The molecule has 5 rings (SSSR count). The summed E-state index contributed by atoms with van der Waals surface area (Å²) in [5, 5.41) is 13.1. The van der Waals surface area contributed by atoms with Crippen LogP contribution in [0.15, 0.2) is 72.8 Å². The first-order valence-corrected chi connectivity index (χ1v) is 13.5. The first-order valence-electron chi connectivity index (χ1n) is 13.1. The highest BCUT2D eigenvalue weighted by atomic mass is 35.5. The third-order valence-corrected chi connectivity index (χ3v) is 7.74. The lowest BCUT2D eigenvalue weighted by Crippen LogP contribution is -2.52. The SMILES string of the molecule is C[C@@H]1CC[C@H]2C(=O)N(N(CC(=O)c3ccc(Oc4ccc([N+](=O)[O-])cc4)cc3)C(=O)c3ccc(Cl)cc3)C(=O)[C@@H]2C1. The molecule has 2 fully saturated rings. The minimum atomic E-state index is -0.665. The fourth-order valence-corrected chi connectivity index (χ4v) is 5.42. The Labute approximate surface area is 240 Å². The highest BCUT2D eigenvalue weighted by Crippen LogP contribution is 2.41. The van der Waals surface area contributed by atoms with E-state index < -0.39 is 46.8 Å². The Morgan fingerprint density at radius 2 is 1.46 bits per heavy atom. The molecule has 41 heavy (non-hydrogen) atoms. The lowest BCUT2D eigenvalue weighted by atomic mass is 9.76. The molecular formula is C30H26ClN3O7. The van der Waals surface area contributed by atoms with Crippen molar-refractivity contribution >= 4 is 40.8 Å². The predicted molar refractivity (Wildman–Crippen MR) is 148 cm³/mol. The van der Waals surface area contributed by atoms with E-state index in [1.54, 1.807) is 12.1 Å². The summed E-state index contributed by atoms with van der Waals surface area (Å²) >= 11 is 5.98. The molecule has 1 saturated heterocycles. The summed E-state index contributed by atoms with van der Waals surface area (Å²) in [5.74, 6) is -2.07. The molecule has 1 saturated carbocycles. The Bertz CT molecular complexity index is 1510. The number of hydrogen-bond donors (Lipinski definition) is 0. The van der Waals surface area contributed by atoms with Gasteiger partial charge in [-0.3, -0.25) is 29.3 Å². The van der Waals surface area contributed by atoms with Crippen molar-refractivity contribution in [2.24, 2.45) is 17.8 Å². The van der Waals surface area contributed by atoms with Crippen molar-refractivity contribution in [2.75, 3.05) is 6.54 Å². The van der Waals surface area contributed by atoms with Crippen LogP contribution in [0.5, 0.6) is 11.5 Å². The molecule has 0 aromatic heterocycles. The topological polar surface area (TPSA) is 127 Å². The number of carbonyl (C=O) groups is 4. The third kappa shape index (κ3) is 5.83. The molecule has 1 heterocycles. The molecule has 0 unspecified atom stereocenters. The molecule has 0 radical (unpaired) electrons. The highest BCUT2D eigenvalue weighted by molar-refractivity contribution is 6.30. The average molecular weight is 576 g/mol. The molecule has 3 amide bonds. The van der Waals surface area contributed by atoms with Gasteiger partial charge in [-0.25, -0.2) is 5.01 Å². The van der Waals surface area contributed by atoms with E-state index in [1.165, 1.54) is 60.7 Å². The molecule has 11 heteroatoms. The minimum Gasteiger partial charge on any atom is -0.457 e. The number of rotatable bonds is 8. The number of Topliss-reactive ketones (excluding diaryl/α,β-unsaturated/α-hetero) is 1. The first kappa shape index (κ1) is 28.0. The number of amides is 3. The Kier molecular flexibility index (Phi) is 7.85. The molecule has 0 N–H and O–H groups in total. The number of hydrogen-bond acceptors (Lipinski definition) is 7. The van der Waals surface area contributed by atoms with E-state index in [0.29, 0.717) is 29.4 Å². The van der Waals surface area contributed by atoms with Crippen molar-refractivity contribution < 1.29 is 28.8 Å². The van der Waals surface area contributed by atoms with Crippen LogP contribution in [0.4, 0.5) is 5.69 Å². The van der Waals surface area contributed by atoms with Crippen LogP contribution in [0.2, 0.25) is 5.02 Å². The van der Waals surface area contributed by atoms with Crippen molar-refractivity contribution in [1.29, 1.82) is 0 Å². The highest BCUT2D eigenvalue weighted by Gasteiger charge is 2.52. The molecule has 10 nitrogen and oxygen atoms in total. The van der Waals surface area contributed by atoms with Gasteiger partial charge in [-0.05, 0) is 85.8 Å². The van der Waals surface area contributed by atoms with Crippen molar-refractivity contribution in [3.8, 4) is 11.5 Å². The van der Waals surface area contributed by atoms with Gasteiger partial charge in [0.2, 0.25) is 0 Å². The number of ether oxygens (including phenoxy) is 1. The summed E-state index contributed by atoms with van der Waals surface area (Å²) < 4.78 is 5.70. The first-order chi connectivity index (χ1) is 19.6. The smallest absolute Gasteiger partial charge is 0.273 e. The number of halogens is 1. The van der Waals surface area contributed by atoms with Crippen molar-refractivity contribution in [3.05, 3.63) is 99.1 Å². The predicted octanol–water partition coefficient (Wildman–Crippen LogP) is 5.70. The fourth-order valence-electron chi connectivity index (χ4n) is 5.29. The number of benzene rings is 3. The summed E-state index contributed by atoms with van der Waals surface area (Å²) in [4.78, 5) is 64.2. The number of non-ortho nitro benzene ring substituents is 1. The second kappa shape index (κ2) is 11.5. The molecule has 1 aliphatic heterocycles. The van der Waals surface area contributed by atoms with Crippen LogP contribution in [0.1, 0.15) is 46.9 Å². The zero-order chi connectivity index (χ0) is 29.3. The summed E-state index contributed by atoms with van der Waals surface area (Å²) in [7, 11) is 0. The van der Waals surface area contributed by atoms with Crippen LogP contribution in [0, 0.1) is 27.9 Å². The third-order valence-electron chi connectivity index (χ3n) is 7.48. The monoisotopic (exact) mass is 575 g/mol. The van der Waals surface area contributed by atoms with Gasteiger partial charge in [0.15, 0.2) is 5.78 Å². The van der Waals surface area contributed by atoms with Gasteiger partial charge in [-0.2, -0.15) is 5.01 Å². The average Bonchev–Trinajstić information content (AvgIpc) is 3.20. The van der Waals surface area contributed by atoms with Gasteiger partial charge in [0.05, 0.1) is 16.8 Å². The number of imide groups is 1. The number of nitrogens with zero attached hydrogens (tertiary/aromatic N) is 3. The molecule has 3 aromatic carbocycles. The zero-order valence-electron chi connectivity index (χ0n) is 22.1. The molecule has 210 valence electrons. The number of ketones is 1. The van der Waals surface area contributed by atoms with Crippen molar-refractivity contribution in [2.45, 2.75) is 26.2 Å². The normalized spacial score (nSPS) is 20.0. The second-order valence-electron chi connectivity index (χ2n) is 10.3. The van der Waals surface area contributed by atoms with E-state index in [4.69, 9.17) is 16.3 Å². The summed E-state index contributed by atoms with van der Waals surface area (Å²) in [6, 6.07) is 17.6. The van der Waals surface area contributed by atoms with Crippen LogP contribution >= 0.6 is 11.6 Å². The molecule has 2 aliphatic rings. The van der Waals surface area contributed by atoms with Crippen LogP contribution < -0.4 is 4.74 Å². The second-order valence-corrected chi connectivity index (χ2v) is 10.7. The molecule has 1 aliphatic carbocycles. The Hall–Kier alpha value is -4.57. The van der Waals surface area contributed by atoms with E-state index in [0.717, 1.165) is 16.4 Å². The maximum atomic E-state index is 13.6. The lowest BCUT2D eigenvalue weighted by molar-refractivity contribution is -0.384. The van der Waals surface area contributed by atoms with Gasteiger partial charge in [0, 0.05) is 28.3 Å². The van der Waals surface area contributed by atoms with Gasteiger partial charge in [0.25, 0.3) is 23.4 Å². The Balaban J connectivity index is 1.37. The Morgan fingerprint density at radius 3 is 2.07 bits per heavy atom. The minimum absolute atomic E-state index is 0.0697. The molecule has 3 atom stereocenters. The number of carbonyl (C=O) groups excluding carboxylic acids is 4. The van der Waals surface area contributed by atoms with Gasteiger partial charge >= 0.3 is 0 Å². The molecule has 0 spiro atoms. The van der Waals surface area contributed by atoms with Gasteiger partial charge in [0.1, 0.15) is 18.0 Å². The standard InChI is InChI=1S/C30H26ClN3O7/c1-18-2-15-25-26(16-18)30(38)33(29(25)37)32(28(36)20-3-7-21(31)8-4-20)17-27(35)19-5-11-23(12-6-19)41-24-13-9-22(10-14-24)34(39)40/h3-14,18,25-26H,2,15-17H2,1H3/t18-,25-,26-/m1/s1. The maximum Gasteiger partial charge on any atom is 0.273 e. The number of fused-ring (bicyclic) bond motifs is 1. The summed E-state index contributed by atoms with van der Waals surface area (Å²) in [5.41, 5.74) is 0.345. The lowest BCUT2D eigenvalue weighted by Gasteiger charge is -2.30. The molecule has 3 aromatic rings. The summed E-state index contributed by atoms with van der Waals surface area (Å²) in [6.07, 6.45) is 1.92. The van der Waals surface area contributed by atoms with E-state index in [-0.39, 0.29) is 22.7 Å². The van der Waals surface area contributed by atoms with Crippen LogP contribution in [0.25, 0.3) is 0 Å². The van der Waals surface area contributed by atoms with E-state index in [1.807, 2.05) is 6.92 Å². The molecular weight excluding hydrogens is 550 g/mol. The quantitative estimate of drug-likeness (QED) is 0.146. The maximum absolute atomic E-state index is 13.6. The van der Waals surface area contributed by atoms with Gasteiger partial charge in [-0.15, -0.1) is 0 Å². The van der Waals surface area contributed by atoms with Crippen molar-refractivity contribution in [3.63, 3.8) is 0 Å². The van der Waals surface area contributed by atoms with E-state index in [2.05, 4.69) is 0 Å². The fraction of sp³-hybridized carbons (Fsp3) is 0.267. The van der Waals surface area contributed by atoms with Crippen LogP contribution in [-0.2, 0) is 9.59 Å². The largest absolute Gasteiger partial charge is 0.457 e. The number of hydrazine groups is 1. The van der Waals surface area contributed by atoms with E-state index >= 15 is 0 Å². The van der Waals surface area contributed by atoms with Crippen molar-refractivity contribution in [1.82, 2.24) is 10.0 Å². The van der Waals surface area contributed by atoms with Crippen LogP contribution in [-0.4, -0.2) is 45.0 Å². The van der Waals surface area contributed by atoms with Gasteiger partial charge < -0.3 is 4.74 Å². The van der Waals surface area contributed by atoms with Crippen LogP contribution in [0.3, 0.4) is 0 Å². The molecule has 0 bridgehead atoms. The van der Waals surface area contributed by atoms with Gasteiger partial charge in [-0.1, -0.05) is 18.5 Å². The van der Waals surface area contributed by atoms with E-state index in [9.17, 15) is 29.3 Å². The number of nitro benzene ring substituents is 1.